The first-order valence-corrected chi connectivity index (χ1v) is 11.2. The normalized spacial score (nSPS) is 10.7. The van der Waals surface area contributed by atoms with Gasteiger partial charge in [0.25, 0.3) is 0 Å². The summed E-state index contributed by atoms with van der Waals surface area (Å²) in [6, 6.07) is 17.2. The van der Waals surface area contributed by atoms with Gasteiger partial charge in [0.2, 0.25) is 5.91 Å². The summed E-state index contributed by atoms with van der Waals surface area (Å²) in [6.07, 6.45) is 0. The Labute approximate surface area is 198 Å². The summed E-state index contributed by atoms with van der Waals surface area (Å²) < 4.78 is 24.7. The zero-order valence-corrected chi connectivity index (χ0v) is 19.7. The van der Waals surface area contributed by atoms with Crippen LogP contribution in [0, 0.1) is 11.7 Å². The highest BCUT2D eigenvalue weighted by molar-refractivity contribution is 6.31. The van der Waals surface area contributed by atoms with E-state index in [0.29, 0.717) is 29.7 Å². The van der Waals surface area contributed by atoms with Crippen molar-refractivity contribution in [3.63, 3.8) is 0 Å². The lowest BCUT2D eigenvalue weighted by Crippen LogP contribution is -2.17. The van der Waals surface area contributed by atoms with E-state index in [4.69, 9.17) is 21.1 Å². The Morgan fingerprint density at radius 3 is 2.24 bits per heavy atom. The largest absolute Gasteiger partial charge is 0.490 e. The molecule has 0 fully saturated rings. The van der Waals surface area contributed by atoms with Gasteiger partial charge in [-0.15, -0.1) is 0 Å². The Bertz CT molecular complexity index is 1070. The van der Waals surface area contributed by atoms with Crippen molar-refractivity contribution in [3.8, 4) is 11.5 Å². The zero-order valence-electron chi connectivity index (χ0n) is 19.0. The second kappa shape index (κ2) is 11.6. The lowest BCUT2D eigenvalue weighted by molar-refractivity contribution is -0.118. The lowest BCUT2D eigenvalue weighted by Gasteiger charge is -2.16. The molecule has 174 valence electrons. The molecule has 0 heterocycles. The minimum Gasteiger partial charge on any atom is -0.490 e. The van der Waals surface area contributed by atoms with Crippen molar-refractivity contribution in [2.75, 3.05) is 17.2 Å². The van der Waals surface area contributed by atoms with Gasteiger partial charge < -0.3 is 20.1 Å². The molecule has 3 rings (SSSR count). The molecule has 0 aromatic heterocycles. The van der Waals surface area contributed by atoms with Crippen LogP contribution in [0.15, 0.2) is 60.7 Å². The molecular formula is C26H28ClFN2O3. The first kappa shape index (κ1) is 24.4. The molecule has 3 aromatic rings. The van der Waals surface area contributed by atoms with Crippen LogP contribution in [-0.2, 0) is 17.9 Å². The van der Waals surface area contributed by atoms with Crippen molar-refractivity contribution in [2.45, 2.75) is 33.9 Å². The number of benzene rings is 3. The van der Waals surface area contributed by atoms with Gasteiger partial charge >= 0.3 is 0 Å². The van der Waals surface area contributed by atoms with Gasteiger partial charge in [0.1, 0.15) is 12.4 Å². The fourth-order valence-corrected chi connectivity index (χ4v) is 3.21. The topological polar surface area (TPSA) is 59.6 Å². The van der Waals surface area contributed by atoms with Crippen LogP contribution in [0.5, 0.6) is 11.5 Å². The molecule has 0 spiro atoms. The van der Waals surface area contributed by atoms with E-state index in [1.165, 1.54) is 12.1 Å². The summed E-state index contributed by atoms with van der Waals surface area (Å²) in [5, 5.41) is 6.74. The van der Waals surface area contributed by atoms with Crippen LogP contribution in [0.1, 0.15) is 31.9 Å². The molecular weight excluding hydrogens is 443 g/mol. The SMILES string of the molecule is CCOc1cc(CNc2ccc(NC(=O)C(C)C)cc2)c(Cl)cc1OCc1ccc(F)cc1. The van der Waals surface area contributed by atoms with E-state index in [0.717, 1.165) is 22.5 Å². The van der Waals surface area contributed by atoms with E-state index in [-0.39, 0.29) is 24.2 Å². The summed E-state index contributed by atoms with van der Waals surface area (Å²) in [5.41, 5.74) is 3.34. The number of carbonyl (C=O) groups excluding carboxylic acids is 1. The third-order valence-corrected chi connectivity index (χ3v) is 5.23. The standard InChI is InChI=1S/C26H28ClFN2O3/c1-4-32-24-13-19(15-29-21-9-11-22(12-10-21)30-26(31)17(2)3)23(27)14-25(24)33-16-18-5-7-20(28)8-6-18/h5-14,17,29H,4,15-16H2,1-3H3,(H,30,31). The maximum Gasteiger partial charge on any atom is 0.226 e. The Morgan fingerprint density at radius 2 is 1.61 bits per heavy atom. The van der Waals surface area contributed by atoms with Crippen molar-refractivity contribution < 1.29 is 18.7 Å². The molecule has 0 radical (unpaired) electrons. The lowest BCUT2D eigenvalue weighted by atomic mass is 10.1. The molecule has 0 saturated heterocycles. The molecule has 1 amide bonds. The number of hydrogen-bond donors (Lipinski definition) is 2. The smallest absolute Gasteiger partial charge is 0.226 e. The summed E-state index contributed by atoms with van der Waals surface area (Å²) in [7, 11) is 0. The minimum atomic E-state index is -0.288. The molecule has 0 bridgehead atoms. The Morgan fingerprint density at radius 1 is 0.970 bits per heavy atom. The highest BCUT2D eigenvalue weighted by Gasteiger charge is 2.12. The van der Waals surface area contributed by atoms with Crippen LogP contribution in [-0.4, -0.2) is 12.5 Å². The van der Waals surface area contributed by atoms with Crippen molar-refractivity contribution in [2.24, 2.45) is 5.92 Å². The first-order valence-electron chi connectivity index (χ1n) is 10.8. The van der Waals surface area contributed by atoms with Crippen molar-refractivity contribution in [1.29, 1.82) is 0 Å². The van der Waals surface area contributed by atoms with Crippen LogP contribution in [0.3, 0.4) is 0 Å². The fourth-order valence-electron chi connectivity index (χ4n) is 2.99. The second-order valence-electron chi connectivity index (χ2n) is 7.81. The summed E-state index contributed by atoms with van der Waals surface area (Å²) >= 11 is 6.51. The van der Waals surface area contributed by atoms with Crippen LogP contribution < -0.4 is 20.1 Å². The van der Waals surface area contributed by atoms with E-state index in [2.05, 4.69) is 10.6 Å². The molecule has 0 aliphatic rings. The molecule has 0 unspecified atom stereocenters. The fraction of sp³-hybridized carbons (Fsp3) is 0.269. The van der Waals surface area contributed by atoms with Crippen LogP contribution >= 0.6 is 11.6 Å². The van der Waals surface area contributed by atoms with Gasteiger partial charge in [0.15, 0.2) is 11.5 Å². The predicted octanol–water partition coefficient (Wildman–Crippen LogP) is 6.66. The molecule has 0 atom stereocenters. The van der Waals surface area contributed by atoms with Gasteiger partial charge in [0, 0.05) is 34.9 Å². The molecule has 5 nitrogen and oxygen atoms in total. The van der Waals surface area contributed by atoms with Crippen LogP contribution in [0.25, 0.3) is 0 Å². The molecule has 3 aromatic carbocycles. The van der Waals surface area contributed by atoms with E-state index < -0.39 is 0 Å². The van der Waals surface area contributed by atoms with E-state index in [9.17, 15) is 9.18 Å². The van der Waals surface area contributed by atoms with E-state index in [1.54, 1.807) is 18.2 Å². The maximum absolute atomic E-state index is 13.1. The average Bonchev–Trinajstić information content (AvgIpc) is 2.80. The van der Waals surface area contributed by atoms with Gasteiger partial charge in [-0.2, -0.15) is 0 Å². The molecule has 0 aliphatic heterocycles. The number of amides is 1. The third-order valence-electron chi connectivity index (χ3n) is 4.88. The second-order valence-corrected chi connectivity index (χ2v) is 8.22. The third kappa shape index (κ3) is 7.12. The van der Waals surface area contributed by atoms with Crippen molar-refractivity contribution in [1.82, 2.24) is 0 Å². The summed E-state index contributed by atoms with van der Waals surface area (Å²) in [4.78, 5) is 11.8. The molecule has 7 heteroatoms. The monoisotopic (exact) mass is 470 g/mol. The molecule has 0 saturated carbocycles. The number of rotatable bonds is 10. The minimum absolute atomic E-state index is 0.0207. The Balaban J connectivity index is 1.66. The first-order chi connectivity index (χ1) is 15.9. The van der Waals surface area contributed by atoms with Crippen LogP contribution in [0.2, 0.25) is 5.02 Å². The highest BCUT2D eigenvalue weighted by atomic mass is 35.5. The molecule has 2 N–H and O–H groups in total. The predicted molar refractivity (Wildman–Crippen MR) is 131 cm³/mol. The summed E-state index contributed by atoms with van der Waals surface area (Å²) in [5.74, 6) is 0.733. The number of nitrogens with one attached hydrogen (secondary N) is 2. The molecule has 33 heavy (non-hydrogen) atoms. The van der Waals surface area contributed by atoms with Gasteiger partial charge in [-0.3, -0.25) is 4.79 Å². The molecule has 0 aliphatic carbocycles. The number of carbonyl (C=O) groups is 1. The van der Waals surface area contributed by atoms with Gasteiger partial charge in [-0.25, -0.2) is 4.39 Å². The van der Waals surface area contributed by atoms with Crippen molar-refractivity contribution >= 4 is 28.9 Å². The maximum atomic E-state index is 13.1. The number of ether oxygens (including phenoxy) is 2. The van der Waals surface area contributed by atoms with E-state index >= 15 is 0 Å². The van der Waals surface area contributed by atoms with E-state index in [1.807, 2.05) is 51.1 Å². The van der Waals surface area contributed by atoms with Gasteiger partial charge in [-0.1, -0.05) is 37.6 Å². The van der Waals surface area contributed by atoms with Gasteiger partial charge in [0.05, 0.1) is 6.61 Å². The van der Waals surface area contributed by atoms with Crippen molar-refractivity contribution in [3.05, 3.63) is 82.6 Å². The van der Waals surface area contributed by atoms with Crippen LogP contribution in [0.4, 0.5) is 15.8 Å². The number of anilines is 2. The number of halogens is 2. The quantitative estimate of drug-likeness (QED) is 0.347. The Kier molecular flexibility index (Phi) is 8.55. The number of hydrogen-bond acceptors (Lipinski definition) is 4. The van der Waals surface area contributed by atoms with Gasteiger partial charge in [-0.05, 0) is 60.5 Å². The summed E-state index contributed by atoms with van der Waals surface area (Å²) in [6.45, 7) is 6.83. The Hall–Kier alpha value is -3.25. The zero-order chi connectivity index (χ0) is 23.8. The highest BCUT2D eigenvalue weighted by Crippen LogP contribution is 2.34. The average molecular weight is 471 g/mol.